The zero-order valence-electron chi connectivity index (χ0n) is 11.9. The van der Waals surface area contributed by atoms with Crippen LogP contribution in [0, 0.1) is 0 Å². The molecule has 3 rings (SSSR count). The molecule has 8 heteroatoms. The molecule has 1 aromatic carbocycles. The van der Waals surface area contributed by atoms with Crippen molar-refractivity contribution in [2.75, 3.05) is 12.8 Å². The van der Waals surface area contributed by atoms with E-state index in [1.807, 2.05) is 6.07 Å². The first-order valence-corrected chi connectivity index (χ1v) is 6.60. The smallest absolute Gasteiger partial charge is 0.278 e. The molecular weight excluding hydrogens is 286 g/mol. The van der Waals surface area contributed by atoms with Crippen LogP contribution in [-0.4, -0.2) is 32.0 Å². The minimum absolute atomic E-state index is 0.0527. The lowest BCUT2D eigenvalue weighted by Crippen LogP contribution is -2.15. The van der Waals surface area contributed by atoms with E-state index in [4.69, 9.17) is 10.5 Å². The molecule has 22 heavy (non-hydrogen) atoms. The van der Waals surface area contributed by atoms with E-state index in [1.54, 1.807) is 19.2 Å². The van der Waals surface area contributed by atoms with Crippen molar-refractivity contribution in [3.8, 4) is 5.75 Å². The molecule has 2 heterocycles. The van der Waals surface area contributed by atoms with Gasteiger partial charge in [0.25, 0.3) is 5.56 Å². The second-order valence-corrected chi connectivity index (χ2v) is 4.79. The lowest BCUT2D eigenvalue weighted by molar-refractivity contribution is 0.281. The number of rotatable bonds is 4. The second kappa shape index (κ2) is 5.49. The quantitative estimate of drug-likeness (QED) is 0.635. The van der Waals surface area contributed by atoms with Crippen LogP contribution in [0.15, 0.2) is 29.2 Å². The van der Waals surface area contributed by atoms with Crippen LogP contribution in [0.25, 0.3) is 11.0 Å². The number of fused-ring (bicyclic) bond motifs is 1. The Morgan fingerprint density at radius 1 is 1.45 bits per heavy atom. The van der Waals surface area contributed by atoms with E-state index in [-0.39, 0.29) is 18.1 Å². The van der Waals surface area contributed by atoms with Gasteiger partial charge < -0.3 is 15.6 Å². The van der Waals surface area contributed by atoms with Crippen molar-refractivity contribution in [3.63, 3.8) is 0 Å². The lowest BCUT2D eigenvalue weighted by Gasteiger charge is -2.10. The molecule has 0 aliphatic rings. The number of aromatic amines is 1. The summed E-state index contributed by atoms with van der Waals surface area (Å²) in [6.45, 7) is 0.241. The van der Waals surface area contributed by atoms with Crippen molar-refractivity contribution in [2.45, 2.75) is 13.2 Å². The van der Waals surface area contributed by atoms with Gasteiger partial charge in [0.1, 0.15) is 11.3 Å². The molecule has 4 N–H and O–H groups in total. The van der Waals surface area contributed by atoms with Gasteiger partial charge in [-0.2, -0.15) is 5.10 Å². The molecular formula is C14H15N5O3. The summed E-state index contributed by atoms with van der Waals surface area (Å²) in [6, 6.07) is 5.36. The highest BCUT2D eigenvalue weighted by atomic mass is 16.5. The highest BCUT2D eigenvalue weighted by Gasteiger charge is 2.12. The van der Waals surface area contributed by atoms with E-state index in [2.05, 4.69) is 15.1 Å². The predicted molar refractivity (Wildman–Crippen MR) is 80.6 cm³/mol. The van der Waals surface area contributed by atoms with E-state index in [9.17, 15) is 9.90 Å². The number of ether oxygens (including phenoxy) is 1. The summed E-state index contributed by atoms with van der Waals surface area (Å²) in [4.78, 5) is 18.5. The van der Waals surface area contributed by atoms with Crippen molar-refractivity contribution >= 4 is 17.0 Å². The first kappa shape index (κ1) is 14.1. The maximum absolute atomic E-state index is 12.0. The molecule has 0 spiro atoms. The first-order chi connectivity index (χ1) is 10.6. The van der Waals surface area contributed by atoms with Gasteiger partial charge in [-0.1, -0.05) is 6.07 Å². The molecule has 0 aliphatic heterocycles. The summed E-state index contributed by atoms with van der Waals surface area (Å²) in [5.41, 5.74) is 7.49. The van der Waals surface area contributed by atoms with Crippen molar-refractivity contribution < 1.29 is 9.84 Å². The average Bonchev–Trinajstić information content (AvgIpc) is 2.90. The number of anilines is 1. The summed E-state index contributed by atoms with van der Waals surface area (Å²) < 4.78 is 6.84. The van der Waals surface area contributed by atoms with Gasteiger partial charge in [-0.25, -0.2) is 4.98 Å². The van der Waals surface area contributed by atoms with E-state index in [1.165, 1.54) is 10.9 Å². The number of nitrogens with zero attached hydrogens (tertiary/aromatic N) is 3. The molecule has 114 valence electrons. The Labute approximate surface area is 125 Å². The summed E-state index contributed by atoms with van der Waals surface area (Å²) in [5, 5.41) is 13.4. The largest absolute Gasteiger partial charge is 0.496 e. The summed E-state index contributed by atoms with van der Waals surface area (Å²) in [7, 11) is 1.56. The summed E-state index contributed by atoms with van der Waals surface area (Å²) in [6.07, 6.45) is 1.49. The van der Waals surface area contributed by atoms with Crippen LogP contribution in [0.3, 0.4) is 0 Å². The van der Waals surface area contributed by atoms with Crippen LogP contribution in [0.4, 0.5) is 5.95 Å². The maximum atomic E-state index is 12.0. The van der Waals surface area contributed by atoms with Crippen LogP contribution in [-0.2, 0) is 13.2 Å². The molecule has 2 aromatic heterocycles. The van der Waals surface area contributed by atoms with E-state index < -0.39 is 0 Å². The van der Waals surface area contributed by atoms with Gasteiger partial charge in [-0.05, 0) is 17.7 Å². The number of hydrogen-bond acceptors (Lipinski definition) is 6. The average molecular weight is 301 g/mol. The second-order valence-electron chi connectivity index (χ2n) is 4.79. The fourth-order valence-corrected chi connectivity index (χ4v) is 2.36. The van der Waals surface area contributed by atoms with E-state index in [0.717, 1.165) is 11.1 Å². The Balaban J connectivity index is 2.09. The Kier molecular flexibility index (Phi) is 3.51. The third kappa shape index (κ3) is 2.40. The topological polar surface area (TPSA) is 119 Å². The molecule has 0 fully saturated rings. The molecule has 0 unspecified atom stereocenters. The number of methoxy groups -OCH3 is 1. The third-order valence-electron chi connectivity index (χ3n) is 3.37. The number of H-pyrrole nitrogens is 1. The molecule has 0 atom stereocenters. The number of aliphatic hydroxyl groups excluding tert-OH is 1. The molecule has 0 radical (unpaired) electrons. The highest BCUT2D eigenvalue weighted by Crippen LogP contribution is 2.22. The number of nitrogen functional groups attached to an aromatic ring is 1. The van der Waals surface area contributed by atoms with Gasteiger partial charge in [0.15, 0.2) is 5.52 Å². The maximum Gasteiger partial charge on any atom is 0.278 e. The van der Waals surface area contributed by atoms with Gasteiger partial charge in [-0.3, -0.25) is 14.5 Å². The standard InChI is InChI=1S/C14H15N5O3/c1-22-11-3-2-8(7-20)4-9(11)6-19-12-10(5-16-19)17-14(15)18-13(12)21/h2-5,20H,6-7H2,1H3,(H3,15,17,18,21). The molecule has 0 saturated heterocycles. The fraction of sp³-hybridized carbons (Fsp3) is 0.214. The SMILES string of the molecule is COc1ccc(CO)cc1Cn1ncc2nc(N)[nH]c(=O)c21. The van der Waals surface area contributed by atoms with Gasteiger partial charge in [-0.15, -0.1) is 0 Å². The van der Waals surface area contributed by atoms with Gasteiger partial charge >= 0.3 is 0 Å². The Bertz CT molecular complexity index is 884. The van der Waals surface area contributed by atoms with E-state index >= 15 is 0 Å². The number of nitrogens with one attached hydrogen (secondary N) is 1. The highest BCUT2D eigenvalue weighted by molar-refractivity contribution is 5.74. The monoisotopic (exact) mass is 301 g/mol. The normalized spacial score (nSPS) is 11.0. The number of aromatic nitrogens is 4. The zero-order valence-corrected chi connectivity index (χ0v) is 11.9. The molecule has 0 saturated carbocycles. The van der Waals surface area contributed by atoms with Gasteiger partial charge in [0.05, 0.1) is 26.5 Å². The van der Waals surface area contributed by atoms with Gasteiger partial charge in [0.2, 0.25) is 5.95 Å². The lowest BCUT2D eigenvalue weighted by atomic mass is 10.1. The van der Waals surface area contributed by atoms with Crippen LogP contribution < -0.4 is 16.0 Å². The zero-order chi connectivity index (χ0) is 15.7. The minimum atomic E-state index is -0.350. The number of nitrogens with two attached hydrogens (primary N) is 1. The molecule has 0 amide bonds. The Morgan fingerprint density at radius 2 is 2.27 bits per heavy atom. The van der Waals surface area contributed by atoms with Crippen molar-refractivity contribution in [1.82, 2.24) is 19.7 Å². The number of hydrogen-bond donors (Lipinski definition) is 3. The molecule has 0 aliphatic carbocycles. The Morgan fingerprint density at radius 3 is 3.00 bits per heavy atom. The predicted octanol–water partition coefficient (Wildman–Crippen LogP) is 0.251. The van der Waals surface area contributed by atoms with E-state index in [0.29, 0.717) is 23.3 Å². The van der Waals surface area contributed by atoms with Gasteiger partial charge in [0, 0.05) is 5.56 Å². The Hall–Kier alpha value is -2.87. The molecule has 3 aromatic rings. The van der Waals surface area contributed by atoms with Crippen LogP contribution in [0.1, 0.15) is 11.1 Å². The fourth-order valence-electron chi connectivity index (χ4n) is 2.36. The molecule has 0 bridgehead atoms. The third-order valence-corrected chi connectivity index (χ3v) is 3.37. The first-order valence-electron chi connectivity index (χ1n) is 6.60. The molecule has 8 nitrogen and oxygen atoms in total. The van der Waals surface area contributed by atoms with Crippen molar-refractivity contribution in [2.24, 2.45) is 0 Å². The van der Waals surface area contributed by atoms with Crippen molar-refractivity contribution in [1.29, 1.82) is 0 Å². The number of benzene rings is 1. The summed E-state index contributed by atoms with van der Waals surface area (Å²) in [5.74, 6) is 0.706. The van der Waals surface area contributed by atoms with Crippen molar-refractivity contribution in [3.05, 3.63) is 45.9 Å². The van der Waals surface area contributed by atoms with Crippen LogP contribution >= 0.6 is 0 Å². The van der Waals surface area contributed by atoms with Crippen LogP contribution in [0.5, 0.6) is 5.75 Å². The number of aliphatic hydroxyl groups is 1. The minimum Gasteiger partial charge on any atom is -0.496 e. The van der Waals surface area contributed by atoms with Crippen LogP contribution in [0.2, 0.25) is 0 Å². The summed E-state index contributed by atoms with van der Waals surface area (Å²) >= 11 is 0.